The van der Waals surface area contributed by atoms with Crippen LogP contribution in [0.25, 0.3) is 10.2 Å². The molecule has 3 aromatic carbocycles. The third kappa shape index (κ3) is 4.31. The van der Waals surface area contributed by atoms with Crippen LogP contribution in [0.3, 0.4) is 0 Å². The fourth-order valence-corrected chi connectivity index (χ4v) is 4.45. The number of carbonyl (C=O) groups is 2. The Kier molecular flexibility index (Phi) is 5.31. The quantitative estimate of drug-likeness (QED) is 0.371. The van der Waals surface area contributed by atoms with Crippen molar-refractivity contribution in [2.75, 3.05) is 22.7 Å². The zero-order chi connectivity index (χ0) is 22.9. The van der Waals surface area contributed by atoms with Gasteiger partial charge in [-0.3, -0.25) is 10.1 Å². The van der Waals surface area contributed by atoms with Crippen molar-refractivity contribution in [3.63, 3.8) is 0 Å². The van der Waals surface area contributed by atoms with Gasteiger partial charge in [0.05, 0.1) is 10.2 Å². The second kappa shape index (κ2) is 8.44. The van der Waals surface area contributed by atoms with Crippen molar-refractivity contribution in [3.05, 3.63) is 71.3 Å². The normalized spacial score (nSPS) is 11.9. The monoisotopic (exact) mass is 460 g/mol. The molecular formula is C24H20N4O4S. The van der Waals surface area contributed by atoms with E-state index in [1.807, 2.05) is 32.0 Å². The minimum absolute atomic E-state index is 0.168. The number of aryl methyl sites for hydroxylation is 2. The first kappa shape index (κ1) is 20.8. The number of para-hydroxylation sites is 1. The first-order valence-electron chi connectivity index (χ1n) is 10.2. The Balaban J connectivity index is 1.29. The summed E-state index contributed by atoms with van der Waals surface area (Å²) in [6.07, 6.45) is 0. The van der Waals surface area contributed by atoms with E-state index in [1.165, 1.54) is 11.3 Å². The van der Waals surface area contributed by atoms with Crippen LogP contribution in [0.15, 0.2) is 54.6 Å². The third-order valence-corrected chi connectivity index (χ3v) is 6.15. The number of ether oxygens (including phenoxy) is 2. The highest BCUT2D eigenvalue weighted by Gasteiger charge is 2.16. The number of thiazole rings is 1. The molecule has 3 amide bonds. The molecule has 33 heavy (non-hydrogen) atoms. The number of carbonyl (C=O) groups excluding carboxylic acids is 2. The van der Waals surface area contributed by atoms with Crippen LogP contribution < -0.4 is 25.4 Å². The predicted molar refractivity (Wildman–Crippen MR) is 129 cm³/mol. The molecule has 0 aliphatic carbocycles. The van der Waals surface area contributed by atoms with Crippen LogP contribution in [0.5, 0.6) is 11.5 Å². The topological polar surface area (TPSA) is 102 Å². The lowest BCUT2D eigenvalue weighted by molar-refractivity contribution is 0.102. The number of amides is 3. The zero-order valence-electron chi connectivity index (χ0n) is 17.9. The van der Waals surface area contributed by atoms with Gasteiger partial charge in [-0.1, -0.05) is 29.5 Å². The summed E-state index contributed by atoms with van der Waals surface area (Å²) < 4.78 is 11.4. The SMILES string of the molecule is Cc1cccc(C)c1NC(=O)c1ccc2nc(NC(=O)Nc3ccc4c(c3)OCO4)sc2c1. The van der Waals surface area contributed by atoms with E-state index in [0.29, 0.717) is 33.4 Å². The van der Waals surface area contributed by atoms with Crippen molar-refractivity contribution in [2.45, 2.75) is 13.8 Å². The number of rotatable bonds is 4. The van der Waals surface area contributed by atoms with Gasteiger partial charge in [-0.25, -0.2) is 9.78 Å². The molecule has 0 saturated heterocycles. The summed E-state index contributed by atoms with van der Waals surface area (Å²) in [5.74, 6) is 1.03. The number of nitrogens with zero attached hydrogens (tertiary/aromatic N) is 1. The Morgan fingerprint density at radius 1 is 0.909 bits per heavy atom. The maximum Gasteiger partial charge on any atom is 0.325 e. The molecule has 0 spiro atoms. The summed E-state index contributed by atoms with van der Waals surface area (Å²) in [6, 6.07) is 15.9. The number of nitrogens with one attached hydrogen (secondary N) is 3. The molecule has 0 bridgehead atoms. The van der Waals surface area contributed by atoms with Crippen LogP contribution in [0.2, 0.25) is 0 Å². The van der Waals surface area contributed by atoms with Crippen molar-refractivity contribution in [1.29, 1.82) is 0 Å². The number of hydrogen-bond acceptors (Lipinski definition) is 6. The van der Waals surface area contributed by atoms with Crippen LogP contribution in [-0.4, -0.2) is 23.7 Å². The first-order valence-corrected chi connectivity index (χ1v) is 11.0. The van der Waals surface area contributed by atoms with Gasteiger partial charge in [-0.05, 0) is 55.3 Å². The van der Waals surface area contributed by atoms with Gasteiger partial charge in [-0.2, -0.15) is 0 Å². The zero-order valence-corrected chi connectivity index (χ0v) is 18.7. The van der Waals surface area contributed by atoms with Gasteiger partial charge in [0, 0.05) is 23.0 Å². The Bertz CT molecular complexity index is 1380. The molecule has 5 rings (SSSR count). The molecule has 9 heteroatoms. The smallest absolute Gasteiger partial charge is 0.325 e. The van der Waals surface area contributed by atoms with E-state index in [4.69, 9.17) is 9.47 Å². The molecule has 1 aliphatic rings. The van der Waals surface area contributed by atoms with E-state index in [9.17, 15) is 9.59 Å². The van der Waals surface area contributed by atoms with E-state index < -0.39 is 6.03 Å². The fourth-order valence-electron chi connectivity index (χ4n) is 3.55. The molecule has 166 valence electrons. The number of urea groups is 1. The summed E-state index contributed by atoms with van der Waals surface area (Å²) >= 11 is 1.29. The van der Waals surface area contributed by atoms with E-state index in [0.717, 1.165) is 21.5 Å². The Hall–Kier alpha value is -4.11. The highest BCUT2D eigenvalue weighted by Crippen LogP contribution is 2.34. The van der Waals surface area contributed by atoms with Crippen molar-refractivity contribution in [1.82, 2.24) is 4.98 Å². The molecule has 8 nitrogen and oxygen atoms in total. The third-order valence-electron chi connectivity index (χ3n) is 5.22. The molecule has 1 aliphatic heterocycles. The van der Waals surface area contributed by atoms with Crippen molar-refractivity contribution in [3.8, 4) is 11.5 Å². The maximum absolute atomic E-state index is 12.8. The average molecular weight is 461 g/mol. The van der Waals surface area contributed by atoms with Crippen LogP contribution >= 0.6 is 11.3 Å². The lowest BCUT2D eigenvalue weighted by atomic mass is 10.1. The van der Waals surface area contributed by atoms with Gasteiger partial charge >= 0.3 is 6.03 Å². The van der Waals surface area contributed by atoms with Crippen molar-refractivity contribution in [2.24, 2.45) is 0 Å². The predicted octanol–water partition coefficient (Wildman–Crippen LogP) is 5.54. The molecule has 0 saturated carbocycles. The standard InChI is InChI=1S/C24H20N4O4S/c1-13-4-3-5-14(2)21(13)27-22(29)15-6-8-17-20(10-15)33-24(26-17)28-23(30)25-16-7-9-18-19(11-16)32-12-31-18/h3-11H,12H2,1-2H3,(H,27,29)(H2,25,26,28,30). The summed E-state index contributed by atoms with van der Waals surface area (Å²) in [7, 11) is 0. The van der Waals surface area contributed by atoms with E-state index in [2.05, 4.69) is 20.9 Å². The molecule has 0 fully saturated rings. The largest absolute Gasteiger partial charge is 0.454 e. The first-order chi connectivity index (χ1) is 16.0. The second-order valence-electron chi connectivity index (χ2n) is 7.57. The van der Waals surface area contributed by atoms with E-state index in [-0.39, 0.29) is 12.7 Å². The molecule has 0 atom stereocenters. The lowest BCUT2D eigenvalue weighted by Crippen LogP contribution is -2.19. The molecule has 3 N–H and O–H groups in total. The molecule has 0 radical (unpaired) electrons. The number of aromatic nitrogens is 1. The van der Waals surface area contributed by atoms with Crippen molar-refractivity contribution >= 4 is 50.0 Å². The summed E-state index contributed by atoms with van der Waals surface area (Å²) in [5.41, 5.74) is 4.61. The Labute approximate surface area is 193 Å². The Morgan fingerprint density at radius 3 is 2.52 bits per heavy atom. The maximum atomic E-state index is 12.8. The van der Waals surface area contributed by atoms with Gasteiger partial charge in [0.25, 0.3) is 5.91 Å². The van der Waals surface area contributed by atoms with Gasteiger partial charge in [0.1, 0.15) is 0 Å². The minimum Gasteiger partial charge on any atom is -0.454 e. The van der Waals surface area contributed by atoms with E-state index in [1.54, 1.807) is 36.4 Å². The summed E-state index contributed by atoms with van der Waals surface area (Å²) in [6.45, 7) is 4.09. The van der Waals surface area contributed by atoms with E-state index >= 15 is 0 Å². The molecule has 1 aromatic heterocycles. The minimum atomic E-state index is -0.430. The highest BCUT2D eigenvalue weighted by molar-refractivity contribution is 7.22. The highest BCUT2D eigenvalue weighted by atomic mass is 32.1. The van der Waals surface area contributed by atoms with Gasteiger partial charge in [0.15, 0.2) is 16.6 Å². The summed E-state index contributed by atoms with van der Waals surface area (Å²) in [5, 5.41) is 8.90. The number of benzene rings is 3. The van der Waals surface area contributed by atoms with Gasteiger partial charge in [0.2, 0.25) is 6.79 Å². The number of anilines is 3. The van der Waals surface area contributed by atoms with Crippen LogP contribution in [-0.2, 0) is 0 Å². The molecule has 0 unspecified atom stereocenters. The number of hydrogen-bond donors (Lipinski definition) is 3. The van der Waals surface area contributed by atoms with Crippen molar-refractivity contribution < 1.29 is 19.1 Å². The fraction of sp³-hybridized carbons (Fsp3) is 0.125. The molecular weight excluding hydrogens is 440 g/mol. The second-order valence-corrected chi connectivity index (χ2v) is 8.60. The van der Waals surface area contributed by atoms with Crippen LogP contribution in [0.4, 0.5) is 21.3 Å². The molecule has 2 heterocycles. The lowest BCUT2D eigenvalue weighted by Gasteiger charge is -2.11. The summed E-state index contributed by atoms with van der Waals surface area (Å²) in [4.78, 5) is 29.6. The van der Waals surface area contributed by atoms with Crippen LogP contribution in [0, 0.1) is 13.8 Å². The molecule has 4 aromatic rings. The van der Waals surface area contributed by atoms with Gasteiger partial charge < -0.3 is 20.1 Å². The average Bonchev–Trinajstić information content (AvgIpc) is 3.41. The van der Waals surface area contributed by atoms with Gasteiger partial charge in [-0.15, -0.1) is 0 Å². The Morgan fingerprint density at radius 2 is 1.70 bits per heavy atom. The number of fused-ring (bicyclic) bond motifs is 2. The van der Waals surface area contributed by atoms with Crippen LogP contribution in [0.1, 0.15) is 21.5 Å².